The minimum atomic E-state index is 0.190. The van der Waals surface area contributed by atoms with Crippen LogP contribution in [0.25, 0.3) is 0 Å². The molecule has 0 saturated carbocycles. The van der Waals surface area contributed by atoms with Crippen molar-refractivity contribution in [1.82, 2.24) is 0 Å². The number of rotatable bonds is 11. The van der Waals surface area contributed by atoms with Crippen molar-refractivity contribution in [3.63, 3.8) is 0 Å². The molecule has 0 heterocycles. The second kappa shape index (κ2) is 14.4. The van der Waals surface area contributed by atoms with Crippen molar-refractivity contribution >= 4 is 11.8 Å². The maximum absolute atomic E-state index is 5.67. The maximum atomic E-state index is 5.67. The Morgan fingerprint density at radius 2 is 1.39 bits per heavy atom. The topological polar surface area (TPSA) is 36.9 Å². The summed E-state index contributed by atoms with van der Waals surface area (Å²) >= 11 is 1.85. The molecule has 0 radical (unpaired) electrons. The Bertz CT molecular complexity index is 738. The molecular weight excluding hydrogens is 408 g/mol. The zero-order valence-electron chi connectivity index (χ0n) is 20.5. The number of benzene rings is 2. The monoisotopic (exact) mass is 448 g/mol. The van der Waals surface area contributed by atoms with Gasteiger partial charge in [-0.1, -0.05) is 59.7 Å². The van der Waals surface area contributed by atoms with E-state index in [1.807, 2.05) is 43.8 Å². The molecule has 174 valence electrons. The Morgan fingerprint density at radius 3 is 1.90 bits per heavy atom. The highest BCUT2D eigenvalue weighted by Gasteiger charge is 2.24. The Kier molecular flexibility index (Phi) is 12.7. The third kappa shape index (κ3) is 9.55. The van der Waals surface area contributed by atoms with Crippen LogP contribution in [0, 0.1) is 5.41 Å². The SMILES string of the molecule is CC.CCSc1cc(OCOC)ccc1C(CC(C)(C)C)c1ccc(OCOC)cc1. The molecule has 0 bridgehead atoms. The van der Waals surface area contributed by atoms with Gasteiger partial charge in [0.15, 0.2) is 13.6 Å². The second-order valence-corrected chi connectivity index (χ2v) is 9.43. The number of methoxy groups -OCH3 is 2. The fraction of sp³-hybridized carbons (Fsp3) is 0.538. The first-order valence-electron chi connectivity index (χ1n) is 11.0. The summed E-state index contributed by atoms with van der Waals surface area (Å²) in [5.74, 6) is 2.95. The van der Waals surface area contributed by atoms with E-state index in [0.717, 1.165) is 23.7 Å². The average Bonchev–Trinajstić information content (AvgIpc) is 2.76. The van der Waals surface area contributed by atoms with Crippen molar-refractivity contribution in [3.05, 3.63) is 53.6 Å². The van der Waals surface area contributed by atoms with Gasteiger partial charge >= 0.3 is 0 Å². The molecule has 31 heavy (non-hydrogen) atoms. The van der Waals surface area contributed by atoms with Gasteiger partial charge in [0.25, 0.3) is 0 Å². The van der Waals surface area contributed by atoms with Crippen molar-refractivity contribution in [2.75, 3.05) is 33.6 Å². The van der Waals surface area contributed by atoms with Crippen LogP contribution >= 0.6 is 11.8 Å². The van der Waals surface area contributed by atoms with Gasteiger partial charge in [-0.25, -0.2) is 0 Å². The predicted molar refractivity (Wildman–Crippen MR) is 132 cm³/mol. The van der Waals surface area contributed by atoms with Crippen molar-refractivity contribution < 1.29 is 18.9 Å². The molecule has 5 heteroatoms. The summed E-state index contributed by atoms with van der Waals surface area (Å²) in [6, 6.07) is 14.7. The van der Waals surface area contributed by atoms with Crippen molar-refractivity contribution in [1.29, 1.82) is 0 Å². The first-order chi connectivity index (χ1) is 14.9. The first-order valence-corrected chi connectivity index (χ1v) is 12.0. The Morgan fingerprint density at radius 1 is 0.839 bits per heavy atom. The van der Waals surface area contributed by atoms with Gasteiger partial charge in [-0.2, -0.15) is 0 Å². The zero-order valence-corrected chi connectivity index (χ0v) is 21.3. The van der Waals surface area contributed by atoms with E-state index in [1.165, 1.54) is 16.0 Å². The minimum absolute atomic E-state index is 0.190. The van der Waals surface area contributed by atoms with Gasteiger partial charge < -0.3 is 18.9 Å². The second-order valence-electron chi connectivity index (χ2n) is 8.12. The van der Waals surface area contributed by atoms with E-state index < -0.39 is 0 Å². The highest BCUT2D eigenvalue weighted by molar-refractivity contribution is 7.99. The number of ether oxygens (including phenoxy) is 4. The van der Waals surface area contributed by atoms with Crippen LogP contribution in [-0.2, 0) is 9.47 Å². The molecule has 2 aromatic carbocycles. The molecule has 0 aromatic heterocycles. The number of thioether (sulfide) groups is 1. The predicted octanol–water partition coefficient (Wildman–Crippen LogP) is 7.36. The number of hydrogen-bond acceptors (Lipinski definition) is 5. The van der Waals surface area contributed by atoms with Crippen LogP contribution in [0.2, 0.25) is 0 Å². The molecule has 2 aromatic rings. The Balaban J connectivity index is 0.00000233. The van der Waals surface area contributed by atoms with Gasteiger partial charge in [-0.15, -0.1) is 11.8 Å². The summed E-state index contributed by atoms with van der Waals surface area (Å²) in [5, 5.41) is 0. The maximum Gasteiger partial charge on any atom is 0.188 e. The van der Waals surface area contributed by atoms with E-state index in [1.54, 1.807) is 14.2 Å². The third-order valence-corrected chi connectivity index (χ3v) is 5.40. The smallest absolute Gasteiger partial charge is 0.188 e. The normalized spacial score (nSPS) is 12.0. The lowest BCUT2D eigenvalue weighted by Crippen LogP contribution is -2.14. The summed E-state index contributed by atoms with van der Waals surface area (Å²) in [7, 11) is 3.26. The standard InChI is InChI=1S/C24H34O4S.C2H6/c1-7-29-23-14-20(28-17-26-6)12-13-21(23)22(15-24(2,3)4)18-8-10-19(11-9-18)27-16-25-5;1-2/h8-14,22H,7,15-17H2,1-6H3;1-2H3. The third-order valence-electron chi connectivity index (χ3n) is 4.45. The van der Waals surface area contributed by atoms with E-state index in [9.17, 15) is 0 Å². The lowest BCUT2D eigenvalue weighted by atomic mass is 9.78. The molecule has 0 aliphatic heterocycles. The van der Waals surface area contributed by atoms with Crippen LogP contribution in [0.3, 0.4) is 0 Å². The van der Waals surface area contributed by atoms with E-state index in [2.05, 4.69) is 52.0 Å². The zero-order chi connectivity index (χ0) is 23.3. The lowest BCUT2D eigenvalue weighted by Gasteiger charge is -2.28. The van der Waals surface area contributed by atoms with Gasteiger partial charge in [0, 0.05) is 25.0 Å². The molecule has 1 atom stereocenters. The van der Waals surface area contributed by atoms with Crippen molar-refractivity contribution in [2.45, 2.75) is 58.8 Å². The van der Waals surface area contributed by atoms with Crippen molar-refractivity contribution in [2.24, 2.45) is 5.41 Å². The Hall–Kier alpha value is -1.69. The quantitative estimate of drug-likeness (QED) is 0.265. The van der Waals surface area contributed by atoms with Gasteiger partial charge in [-0.3, -0.25) is 0 Å². The van der Waals surface area contributed by atoms with Gasteiger partial charge in [-0.05, 0) is 53.0 Å². The summed E-state index contributed by atoms with van der Waals surface area (Å²) < 4.78 is 21.3. The van der Waals surface area contributed by atoms with E-state index in [0.29, 0.717) is 0 Å². The van der Waals surface area contributed by atoms with Crippen molar-refractivity contribution in [3.8, 4) is 11.5 Å². The molecule has 0 spiro atoms. The summed E-state index contributed by atoms with van der Waals surface area (Å²) in [5.41, 5.74) is 2.81. The summed E-state index contributed by atoms with van der Waals surface area (Å²) in [6.45, 7) is 13.6. The van der Waals surface area contributed by atoms with E-state index in [-0.39, 0.29) is 24.9 Å². The molecule has 0 saturated heterocycles. The van der Waals surface area contributed by atoms with Crippen LogP contribution in [0.15, 0.2) is 47.4 Å². The minimum Gasteiger partial charge on any atom is -0.468 e. The summed E-state index contributed by atoms with van der Waals surface area (Å²) in [6.07, 6.45) is 1.04. The number of hydrogen-bond donors (Lipinski definition) is 0. The lowest BCUT2D eigenvalue weighted by molar-refractivity contribution is 0.0508. The highest BCUT2D eigenvalue weighted by atomic mass is 32.2. The van der Waals surface area contributed by atoms with Crippen LogP contribution in [-0.4, -0.2) is 33.6 Å². The molecule has 4 nitrogen and oxygen atoms in total. The average molecular weight is 449 g/mol. The largest absolute Gasteiger partial charge is 0.468 e. The van der Waals surface area contributed by atoms with Crippen LogP contribution in [0.1, 0.15) is 65.0 Å². The van der Waals surface area contributed by atoms with Crippen LogP contribution < -0.4 is 9.47 Å². The highest BCUT2D eigenvalue weighted by Crippen LogP contribution is 2.41. The molecule has 0 aliphatic rings. The first kappa shape index (κ1) is 27.3. The van der Waals surface area contributed by atoms with E-state index in [4.69, 9.17) is 18.9 Å². The fourth-order valence-electron chi connectivity index (χ4n) is 3.24. The molecule has 0 fully saturated rings. The molecular formula is C26H40O4S. The van der Waals surface area contributed by atoms with Gasteiger partial charge in [0.2, 0.25) is 0 Å². The molecule has 2 rings (SSSR count). The molecule has 0 N–H and O–H groups in total. The molecule has 0 amide bonds. The fourth-order valence-corrected chi connectivity index (χ4v) is 4.13. The van der Waals surface area contributed by atoms with Crippen LogP contribution in [0.5, 0.6) is 11.5 Å². The van der Waals surface area contributed by atoms with Crippen LogP contribution in [0.4, 0.5) is 0 Å². The van der Waals surface area contributed by atoms with Gasteiger partial charge in [0.1, 0.15) is 11.5 Å². The molecule has 1 unspecified atom stereocenters. The summed E-state index contributed by atoms with van der Waals surface area (Å²) in [4.78, 5) is 1.26. The van der Waals surface area contributed by atoms with Gasteiger partial charge in [0.05, 0.1) is 0 Å². The molecule has 0 aliphatic carbocycles. The Labute approximate surface area is 193 Å². The van der Waals surface area contributed by atoms with E-state index >= 15 is 0 Å².